The van der Waals surface area contributed by atoms with E-state index in [0.29, 0.717) is 16.9 Å². The fourth-order valence-electron chi connectivity index (χ4n) is 3.85. The number of rotatable bonds is 4. The van der Waals surface area contributed by atoms with Gasteiger partial charge in [0.15, 0.2) is 0 Å². The van der Waals surface area contributed by atoms with Crippen molar-refractivity contribution in [1.82, 2.24) is 15.2 Å². The van der Waals surface area contributed by atoms with Crippen LogP contribution in [0, 0.1) is 0 Å². The second-order valence-corrected chi connectivity index (χ2v) is 8.17. The summed E-state index contributed by atoms with van der Waals surface area (Å²) in [5.41, 5.74) is 12.6. The third-order valence-corrected chi connectivity index (χ3v) is 6.63. The Bertz CT molecular complexity index is 886. The molecule has 1 aliphatic carbocycles. The summed E-state index contributed by atoms with van der Waals surface area (Å²) >= 11 is 1.64. The first-order valence-corrected chi connectivity index (χ1v) is 10.1. The summed E-state index contributed by atoms with van der Waals surface area (Å²) < 4.78 is 31.5. The molecule has 12 heteroatoms. The largest absolute Gasteiger partial charge is 0.542 e. The summed E-state index contributed by atoms with van der Waals surface area (Å²) in [6, 6.07) is 5.93. The number of aromatic hydroxyl groups is 1. The maximum Gasteiger partial charge on any atom is 0.430 e. The van der Waals surface area contributed by atoms with Crippen LogP contribution in [0.15, 0.2) is 23.4 Å². The number of carbonyl (C=O) groups is 1. The number of hydrogen-bond acceptors (Lipinski definition) is 7. The van der Waals surface area contributed by atoms with Crippen molar-refractivity contribution in [2.75, 3.05) is 5.73 Å². The molecule has 1 heterocycles. The number of benzene rings is 1. The molecule has 0 spiro atoms. The second kappa shape index (κ2) is 9.13. The van der Waals surface area contributed by atoms with Crippen molar-refractivity contribution in [3.8, 4) is 5.75 Å². The molecule has 166 valence electrons. The smallest absolute Gasteiger partial charge is 0.430 e. The number of halogens is 3. The minimum absolute atomic E-state index is 0.0359. The van der Waals surface area contributed by atoms with Crippen LogP contribution in [-0.4, -0.2) is 43.7 Å². The van der Waals surface area contributed by atoms with Gasteiger partial charge in [-0.15, -0.1) is 5.10 Å². The first-order chi connectivity index (χ1) is 13.9. The van der Waals surface area contributed by atoms with E-state index in [1.165, 1.54) is 11.1 Å². The Labute approximate surface area is 175 Å². The first-order valence-electron chi connectivity index (χ1n) is 9.22. The van der Waals surface area contributed by atoms with Gasteiger partial charge in [-0.25, -0.2) is 5.10 Å². The highest BCUT2D eigenvalue weighted by Gasteiger charge is 2.48. The zero-order valence-corrected chi connectivity index (χ0v) is 17.3. The van der Waals surface area contributed by atoms with Crippen molar-refractivity contribution in [3.05, 3.63) is 29.3 Å². The Morgan fingerprint density at radius 3 is 2.50 bits per heavy atom. The van der Waals surface area contributed by atoms with Crippen LogP contribution in [0.4, 0.5) is 19.1 Å². The Morgan fingerprint density at radius 1 is 1.43 bits per heavy atom. The van der Waals surface area contributed by atoms with Gasteiger partial charge in [-0.05, 0) is 42.5 Å². The fraction of sp³-hybridized carbons (Fsp3) is 0.500. The number of nitrogens with zero attached hydrogens (tertiary/aromatic N) is 2. The number of thioether (sulfide) groups is 1. The van der Waals surface area contributed by atoms with Crippen molar-refractivity contribution < 1.29 is 33.9 Å². The highest BCUT2D eigenvalue weighted by molar-refractivity contribution is 7.99. The molecule has 0 unspecified atom stereocenters. The molecule has 0 saturated carbocycles. The monoisotopic (exact) mass is 447 g/mol. The van der Waals surface area contributed by atoms with E-state index in [9.17, 15) is 18.3 Å². The van der Waals surface area contributed by atoms with Gasteiger partial charge in [0.25, 0.3) is 0 Å². The van der Waals surface area contributed by atoms with E-state index < -0.39 is 12.1 Å². The molecule has 0 fully saturated rings. The average molecular weight is 447 g/mol. The minimum Gasteiger partial charge on any atom is -0.542 e. The third kappa shape index (κ3) is 4.98. The summed E-state index contributed by atoms with van der Waals surface area (Å²) in [4.78, 5) is 13.0. The molecule has 0 amide bonds. The number of fused-ring (bicyclic) bond motifs is 1. The van der Waals surface area contributed by atoms with Crippen LogP contribution in [0.1, 0.15) is 37.8 Å². The van der Waals surface area contributed by atoms with Crippen LogP contribution in [0.2, 0.25) is 0 Å². The lowest BCUT2D eigenvalue weighted by Crippen LogP contribution is -2.75. The molecule has 3 rings (SSSR count). The number of aromatic nitrogens is 3. The number of nitrogens with two attached hydrogens (primary N) is 1. The molecular formula is C18H24F3N5O3S. The zero-order chi connectivity index (χ0) is 22.7. The summed E-state index contributed by atoms with van der Waals surface area (Å²) in [6.07, 6.45) is -2.33. The molecule has 8 nitrogen and oxygen atoms in total. The van der Waals surface area contributed by atoms with Gasteiger partial charge >= 0.3 is 6.18 Å². The number of anilines is 1. The van der Waals surface area contributed by atoms with Crippen LogP contribution in [0.5, 0.6) is 5.75 Å². The summed E-state index contributed by atoms with van der Waals surface area (Å²) in [6.45, 7) is 4.40. The molecule has 2 aromatic rings. The topological polar surface area (TPSA) is 156 Å². The summed E-state index contributed by atoms with van der Waals surface area (Å²) in [5, 5.41) is 26.5. The normalized spacial score (nSPS) is 20.1. The number of nitrogens with one attached hydrogen (secondary N) is 1. The number of H-pyrrole nitrogens is 1. The number of quaternary nitrogens is 1. The van der Waals surface area contributed by atoms with Gasteiger partial charge in [0.05, 0.1) is 5.25 Å². The van der Waals surface area contributed by atoms with E-state index >= 15 is 0 Å². The van der Waals surface area contributed by atoms with E-state index in [1.807, 2.05) is 12.1 Å². The molecular weight excluding hydrogens is 423 g/mol. The Morgan fingerprint density at radius 2 is 2.03 bits per heavy atom. The number of nitrogen functional groups attached to an aromatic ring is 1. The van der Waals surface area contributed by atoms with E-state index in [-0.39, 0.29) is 16.7 Å². The van der Waals surface area contributed by atoms with Gasteiger partial charge < -0.3 is 26.5 Å². The molecule has 0 bridgehead atoms. The molecule has 0 aliphatic heterocycles. The van der Waals surface area contributed by atoms with Crippen LogP contribution >= 0.6 is 11.8 Å². The SMILES string of the molecule is CCC1(CC)c2cc(O)ccc2C[C@@H](Sc2n[nH]c(N)n2)[C@@H]1[NH3+].O=C([O-])C(F)(F)F. The van der Waals surface area contributed by atoms with Crippen LogP contribution in [-0.2, 0) is 16.6 Å². The predicted octanol–water partition coefficient (Wildman–Crippen LogP) is 0.776. The molecule has 7 N–H and O–H groups in total. The van der Waals surface area contributed by atoms with Gasteiger partial charge in [0.2, 0.25) is 11.1 Å². The molecule has 1 aromatic carbocycles. The number of carbonyl (C=O) groups excluding carboxylic acids is 1. The van der Waals surface area contributed by atoms with Crippen molar-refractivity contribution in [1.29, 1.82) is 0 Å². The molecule has 2 atom stereocenters. The van der Waals surface area contributed by atoms with Crippen LogP contribution < -0.4 is 16.6 Å². The third-order valence-electron chi connectivity index (χ3n) is 5.44. The van der Waals surface area contributed by atoms with Gasteiger partial charge in [0.1, 0.15) is 17.8 Å². The molecule has 1 aliphatic rings. The number of aliphatic carboxylic acids is 1. The minimum atomic E-state index is -5.19. The van der Waals surface area contributed by atoms with Crippen molar-refractivity contribution in [2.45, 2.75) is 61.1 Å². The number of aromatic amines is 1. The van der Waals surface area contributed by atoms with Gasteiger partial charge in [-0.2, -0.15) is 18.2 Å². The van der Waals surface area contributed by atoms with Gasteiger partial charge in [-0.3, -0.25) is 0 Å². The first kappa shape index (κ1) is 23.8. The lowest BCUT2D eigenvalue weighted by Gasteiger charge is -2.44. The van der Waals surface area contributed by atoms with Crippen molar-refractivity contribution in [2.24, 2.45) is 0 Å². The fourth-order valence-corrected chi connectivity index (χ4v) is 5.05. The number of phenols is 1. The van der Waals surface area contributed by atoms with E-state index in [1.54, 1.807) is 17.8 Å². The Kier molecular flexibility index (Phi) is 7.24. The summed E-state index contributed by atoms with van der Waals surface area (Å²) in [5.74, 6) is -2.34. The highest BCUT2D eigenvalue weighted by Crippen LogP contribution is 2.46. The van der Waals surface area contributed by atoms with E-state index in [0.717, 1.165) is 19.3 Å². The second-order valence-electron chi connectivity index (χ2n) is 6.96. The maximum atomic E-state index is 10.5. The van der Waals surface area contributed by atoms with Gasteiger partial charge in [-0.1, -0.05) is 31.7 Å². The lowest BCUT2D eigenvalue weighted by molar-refractivity contribution is -0.439. The summed E-state index contributed by atoms with van der Waals surface area (Å²) in [7, 11) is 0. The Balaban J connectivity index is 0.000000396. The van der Waals surface area contributed by atoms with Crippen molar-refractivity contribution >= 4 is 23.7 Å². The Hall–Kier alpha value is -2.47. The maximum absolute atomic E-state index is 10.5. The standard InChI is InChI=1S/C16H23N5OS.C2HF3O2/c1-3-16(4-2)11-8-10(22)6-5-9(11)7-12(13(16)17)23-15-19-14(18)20-21-15;3-2(4,5)1(6)7/h5-6,8,12-13,22H,3-4,7,17H2,1-2H3,(H3,18,19,20,21);(H,6,7)/t12-,13+;/m1./s1. The molecule has 0 radical (unpaired) electrons. The number of carboxylic acid groups (broad SMARTS) is 1. The number of alkyl halides is 3. The average Bonchev–Trinajstić information content (AvgIpc) is 3.08. The van der Waals surface area contributed by atoms with E-state index in [2.05, 4.69) is 34.8 Å². The highest BCUT2D eigenvalue weighted by atomic mass is 32.2. The van der Waals surface area contributed by atoms with Crippen LogP contribution in [0.25, 0.3) is 0 Å². The predicted molar refractivity (Wildman–Crippen MR) is 102 cm³/mol. The number of hydrogen-bond donors (Lipinski definition) is 4. The quantitative estimate of drug-likeness (QED) is 0.539. The lowest BCUT2D eigenvalue weighted by atomic mass is 9.63. The molecule has 0 saturated heterocycles. The van der Waals surface area contributed by atoms with Gasteiger partial charge in [0, 0.05) is 5.41 Å². The molecule has 30 heavy (non-hydrogen) atoms. The number of phenolic OH excluding ortho intramolecular Hbond substituents is 1. The van der Waals surface area contributed by atoms with Crippen molar-refractivity contribution in [3.63, 3.8) is 0 Å². The van der Waals surface area contributed by atoms with E-state index in [4.69, 9.17) is 15.6 Å². The number of carboxylic acids is 1. The molecule has 1 aromatic heterocycles. The zero-order valence-electron chi connectivity index (χ0n) is 16.5. The van der Waals surface area contributed by atoms with Crippen LogP contribution in [0.3, 0.4) is 0 Å².